The predicted molar refractivity (Wildman–Crippen MR) is 110 cm³/mol. The van der Waals surface area contributed by atoms with Gasteiger partial charge in [0.05, 0.1) is 13.2 Å². The first-order chi connectivity index (χ1) is 13.6. The number of aryl methyl sites for hydroxylation is 1. The lowest BCUT2D eigenvalue weighted by molar-refractivity contribution is 0.122. The van der Waals surface area contributed by atoms with Crippen molar-refractivity contribution in [3.63, 3.8) is 0 Å². The van der Waals surface area contributed by atoms with Crippen LogP contribution in [0.1, 0.15) is 39.1 Å². The smallest absolute Gasteiger partial charge is 0.228 e. The minimum Gasteiger partial charge on any atom is -0.508 e. The number of phenolic OH excluding ortho intramolecular Hbond substituents is 1. The second-order valence-corrected chi connectivity index (χ2v) is 7.20. The van der Waals surface area contributed by atoms with Gasteiger partial charge in [0.2, 0.25) is 5.95 Å². The van der Waals surface area contributed by atoms with Crippen molar-refractivity contribution in [2.75, 3.05) is 31.2 Å². The average molecular weight is 381 g/mol. The van der Waals surface area contributed by atoms with Gasteiger partial charge in [0, 0.05) is 31.1 Å². The Bertz CT molecular complexity index is 978. The molecule has 0 aliphatic carbocycles. The monoisotopic (exact) mass is 381 g/mol. The predicted octanol–water partition coefficient (Wildman–Crippen LogP) is 3.57. The molecule has 1 N–H and O–H groups in total. The SMILES string of the molecule is CCc1nc2c(-c3cccc(O)c3)nc(N3CCOCC3)nc2n1C(C)CC. The molecule has 1 aliphatic rings. The molecule has 0 radical (unpaired) electrons. The molecule has 0 amide bonds. The van der Waals surface area contributed by atoms with Crippen molar-refractivity contribution in [3.05, 3.63) is 30.1 Å². The summed E-state index contributed by atoms with van der Waals surface area (Å²) in [7, 11) is 0. The van der Waals surface area contributed by atoms with Crippen LogP contribution >= 0.6 is 0 Å². The Morgan fingerprint density at radius 2 is 1.93 bits per heavy atom. The van der Waals surface area contributed by atoms with Crippen molar-refractivity contribution >= 4 is 17.1 Å². The fourth-order valence-electron chi connectivity index (χ4n) is 3.66. The molecule has 148 valence electrons. The van der Waals surface area contributed by atoms with Crippen LogP contribution in [-0.2, 0) is 11.2 Å². The minimum absolute atomic E-state index is 0.217. The molecule has 28 heavy (non-hydrogen) atoms. The highest BCUT2D eigenvalue weighted by Crippen LogP contribution is 2.32. The first kappa shape index (κ1) is 18.7. The van der Waals surface area contributed by atoms with Gasteiger partial charge in [-0.2, -0.15) is 4.98 Å². The summed E-state index contributed by atoms with van der Waals surface area (Å²) in [5.41, 5.74) is 3.26. The molecule has 1 aliphatic heterocycles. The molecule has 7 nitrogen and oxygen atoms in total. The first-order valence-electron chi connectivity index (χ1n) is 10.0. The van der Waals surface area contributed by atoms with Crippen LogP contribution in [-0.4, -0.2) is 50.9 Å². The van der Waals surface area contributed by atoms with Crippen LogP contribution in [0, 0.1) is 0 Å². The minimum atomic E-state index is 0.217. The van der Waals surface area contributed by atoms with Gasteiger partial charge in [-0.1, -0.05) is 26.0 Å². The van der Waals surface area contributed by atoms with Gasteiger partial charge >= 0.3 is 0 Å². The van der Waals surface area contributed by atoms with E-state index in [0.29, 0.717) is 25.2 Å². The van der Waals surface area contributed by atoms with E-state index in [1.807, 2.05) is 12.1 Å². The van der Waals surface area contributed by atoms with Crippen molar-refractivity contribution in [1.29, 1.82) is 0 Å². The number of aromatic hydroxyl groups is 1. The lowest BCUT2D eigenvalue weighted by atomic mass is 10.1. The highest BCUT2D eigenvalue weighted by molar-refractivity contribution is 5.89. The maximum absolute atomic E-state index is 10.0. The van der Waals surface area contributed by atoms with E-state index in [2.05, 4.69) is 30.2 Å². The molecule has 1 atom stereocenters. The van der Waals surface area contributed by atoms with Gasteiger partial charge in [0.1, 0.15) is 22.8 Å². The molecule has 3 heterocycles. The Hall–Kier alpha value is -2.67. The van der Waals surface area contributed by atoms with Crippen LogP contribution < -0.4 is 4.90 Å². The van der Waals surface area contributed by atoms with Crippen LogP contribution in [0.25, 0.3) is 22.4 Å². The molecule has 3 aromatic rings. The number of anilines is 1. The zero-order valence-electron chi connectivity index (χ0n) is 16.7. The number of fused-ring (bicyclic) bond motifs is 1. The molecule has 1 unspecified atom stereocenters. The summed E-state index contributed by atoms with van der Waals surface area (Å²) in [6.45, 7) is 9.37. The molecular formula is C21H27N5O2. The second-order valence-electron chi connectivity index (χ2n) is 7.20. The van der Waals surface area contributed by atoms with E-state index < -0.39 is 0 Å². The van der Waals surface area contributed by atoms with E-state index in [4.69, 9.17) is 19.7 Å². The number of benzene rings is 1. The summed E-state index contributed by atoms with van der Waals surface area (Å²) in [5.74, 6) is 1.93. The van der Waals surface area contributed by atoms with Gasteiger partial charge in [-0.05, 0) is 25.5 Å². The van der Waals surface area contributed by atoms with Crippen molar-refractivity contribution in [3.8, 4) is 17.0 Å². The molecule has 1 saturated heterocycles. The van der Waals surface area contributed by atoms with E-state index in [0.717, 1.165) is 54.2 Å². The third-order valence-corrected chi connectivity index (χ3v) is 5.36. The van der Waals surface area contributed by atoms with Crippen LogP contribution in [0.15, 0.2) is 24.3 Å². The number of rotatable bonds is 5. The molecule has 7 heteroatoms. The Morgan fingerprint density at radius 3 is 2.61 bits per heavy atom. The summed E-state index contributed by atoms with van der Waals surface area (Å²) in [4.78, 5) is 16.9. The Kier molecular flexibility index (Phi) is 5.17. The largest absolute Gasteiger partial charge is 0.508 e. The number of imidazole rings is 1. The molecule has 0 spiro atoms. The zero-order valence-corrected chi connectivity index (χ0v) is 16.7. The summed E-state index contributed by atoms with van der Waals surface area (Å²) in [5, 5.41) is 10.0. The summed E-state index contributed by atoms with van der Waals surface area (Å²) in [6.07, 6.45) is 1.82. The molecular weight excluding hydrogens is 354 g/mol. The van der Waals surface area contributed by atoms with Gasteiger partial charge in [0.25, 0.3) is 0 Å². The van der Waals surface area contributed by atoms with E-state index in [1.54, 1.807) is 12.1 Å². The number of aromatic nitrogens is 4. The van der Waals surface area contributed by atoms with Crippen LogP contribution in [0.4, 0.5) is 5.95 Å². The fourth-order valence-corrected chi connectivity index (χ4v) is 3.66. The fraction of sp³-hybridized carbons (Fsp3) is 0.476. The van der Waals surface area contributed by atoms with Crippen molar-refractivity contribution in [2.24, 2.45) is 0 Å². The van der Waals surface area contributed by atoms with Gasteiger partial charge in [-0.15, -0.1) is 0 Å². The number of nitrogens with zero attached hydrogens (tertiary/aromatic N) is 5. The standard InChI is InChI=1S/C21H27N5O2/c1-4-14(3)26-17(5-2)22-19-18(15-7-6-8-16(27)13-15)23-21(24-20(19)26)25-9-11-28-12-10-25/h6-8,13-14,27H,4-5,9-12H2,1-3H3. The molecule has 1 aromatic carbocycles. The number of morpholine rings is 1. The quantitative estimate of drug-likeness (QED) is 0.728. The number of phenols is 1. The molecule has 2 aromatic heterocycles. The van der Waals surface area contributed by atoms with Gasteiger partial charge in [-0.25, -0.2) is 9.97 Å². The Labute approximate surface area is 165 Å². The van der Waals surface area contributed by atoms with E-state index >= 15 is 0 Å². The number of hydrogen-bond donors (Lipinski definition) is 1. The van der Waals surface area contributed by atoms with Crippen LogP contribution in [0.5, 0.6) is 5.75 Å². The Balaban J connectivity index is 1.98. The molecule has 1 fully saturated rings. The lowest BCUT2D eigenvalue weighted by Crippen LogP contribution is -2.37. The maximum atomic E-state index is 10.0. The van der Waals surface area contributed by atoms with E-state index in [1.165, 1.54) is 0 Å². The summed E-state index contributed by atoms with van der Waals surface area (Å²) >= 11 is 0. The third kappa shape index (κ3) is 3.30. The summed E-state index contributed by atoms with van der Waals surface area (Å²) < 4.78 is 7.74. The molecule has 4 rings (SSSR count). The average Bonchev–Trinajstić information content (AvgIpc) is 3.11. The number of ether oxygens (including phenoxy) is 1. The normalized spacial score (nSPS) is 15.9. The number of hydrogen-bond acceptors (Lipinski definition) is 6. The lowest BCUT2D eigenvalue weighted by Gasteiger charge is -2.27. The van der Waals surface area contributed by atoms with E-state index in [9.17, 15) is 5.11 Å². The van der Waals surface area contributed by atoms with Crippen molar-refractivity contribution in [2.45, 2.75) is 39.7 Å². The van der Waals surface area contributed by atoms with Crippen molar-refractivity contribution < 1.29 is 9.84 Å². The molecule has 0 saturated carbocycles. The van der Waals surface area contributed by atoms with Crippen LogP contribution in [0.3, 0.4) is 0 Å². The molecule has 0 bridgehead atoms. The van der Waals surface area contributed by atoms with Gasteiger partial charge in [-0.3, -0.25) is 0 Å². The van der Waals surface area contributed by atoms with Gasteiger partial charge < -0.3 is 19.3 Å². The maximum Gasteiger partial charge on any atom is 0.228 e. The highest BCUT2D eigenvalue weighted by atomic mass is 16.5. The first-order valence-corrected chi connectivity index (χ1v) is 10.0. The highest BCUT2D eigenvalue weighted by Gasteiger charge is 2.23. The topological polar surface area (TPSA) is 76.3 Å². The van der Waals surface area contributed by atoms with Crippen molar-refractivity contribution in [1.82, 2.24) is 19.5 Å². The second kappa shape index (κ2) is 7.75. The van der Waals surface area contributed by atoms with Gasteiger partial charge in [0.15, 0.2) is 5.65 Å². The Morgan fingerprint density at radius 1 is 1.14 bits per heavy atom. The van der Waals surface area contributed by atoms with Crippen LogP contribution in [0.2, 0.25) is 0 Å². The van der Waals surface area contributed by atoms with E-state index in [-0.39, 0.29) is 5.75 Å². The third-order valence-electron chi connectivity index (χ3n) is 5.36. The summed E-state index contributed by atoms with van der Waals surface area (Å²) in [6, 6.07) is 7.49. The zero-order chi connectivity index (χ0) is 19.7.